The Morgan fingerprint density at radius 3 is 2.56 bits per heavy atom. The number of anilines is 1. The lowest BCUT2D eigenvalue weighted by Crippen LogP contribution is -2.40. The second-order valence-corrected chi connectivity index (χ2v) is 7.92. The molecule has 0 radical (unpaired) electrons. The van der Waals surface area contributed by atoms with Gasteiger partial charge in [0.05, 0.1) is 5.56 Å². The van der Waals surface area contributed by atoms with Crippen LogP contribution in [0.1, 0.15) is 54.4 Å². The molecule has 0 N–H and O–H groups in total. The molecule has 0 saturated carbocycles. The fourth-order valence-electron chi connectivity index (χ4n) is 4.42. The molecular formula is C22H28N4O. The molecule has 5 heteroatoms. The van der Waals surface area contributed by atoms with Gasteiger partial charge in [0.15, 0.2) is 0 Å². The first-order valence-electron chi connectivity index (χ1n) is 10.1. The van der Waals surface area contributed by atoms with Gasteiger partial charge in [-0.2, -0.15) is 0 Å². The third kappa shape index (κ3) is 3.97. The van der Waals surface area contributed by atoms with Gasteiger partial charge in [-0.25, -0.2) is 4.98 Å². The Morgan fingerprint density at radius 2 is 1.81 bits per heavy atom. The summed E-state index contributed by atoms with van der Waals surface area (Å²) in [5, 5.41) is 0. The molecule has 2 aromatic heterocycles. The highest BCUT2D eigenvalue weighted by Gasteiger charge is 2.28. The minimum Gasteiger partial charge on any atom is -0.356 e. The van der Waals surface area contributed by atoms with E-state index < -0.39 is 0 Å². The maximum Gasteiger partial charge on any atom is 0.257 e. The lowest BCUT2D eigenvalue weighted by atomic mass is 9.90. The van der Waals surface area contributed by atoms with Crippen LogP contribution >= 0.6 is 0 Å². The zero-order valence-electron chi connectivity index (χ0n) is 16.1. The van der Waals surface area contributed by atoms with Crippen LogP contribution in [-0.2, 0) is 0 Å². The second kappa shape index (κ2) is 8.07. The predicted molar refractivity (Wildman–Crippen MR) is 107 cm³/mol. The average molecular weight is 364 g/mol. The van der Waals surface area contributed by atoms with Crippen LogP contribution in [0.3, 0.4) is 0 Å². The monoisotopic (exact) mass is 364 g/mol. The summed E-state index contributed by atoms with van der Waals surface area (Å²) in [6, 6.07) is 8.02. The number of piperidine rings is 2. The molecule has 5 nitrogen and oxygen atoms in total. The van der Waals surface area contributed by atoms with Crippen LogP contribution in [0.2, 0.25) is 0 Å². The molecule has 2 aliphatic rings. The Hall–Kier alpha value is -2.43. The number of carbonyl (C=O) groups is 1. The highest BCUT2D eigenvalue weighted by molar-refractivity contribution is 5.99. The number of hydrogen-bond acceptors (Lipinski definition) is 4. The molecule has 0 spiro atoms. The van der Waals surface area contributed by atoms with Crippen LogP contribution in [0.15, 0.2) is 42.9 Å². The van der Waals surface area contributed by atoms with Gasteiger partial charge in [-0.15, -0.1) is 0 Å². The molecule has 142 valence electrons. The van der Waals surface area contributed by atoms with Gasteiger partial charge >= 0.3 is 0 Å². The number of carbonyl (C=O) groups excluding carboxylic acids is 1. The van der Waals surface area contributed by atoms with Crippen molar-refractivity contribution in [3.8, 4) is 0 Å². The van der Waals surface area contributed by atoms with Crippen molar-refractivity contribution in [3.05, 3.63) is 54.0 Å². The first-order chi connectivity index (χ1) is 13.2. The van der Waals surface area contributed by atoms with E-state index in [9.17, 15) is 4.79 Å². The number of likely N-dealkylation sites (tertiary alicyclic amines) is 1. The Morgan fingerprint density at radius 1 is 1.04 bits per heavy atom. The Balaban J connectivity index is 1.46. The Labute approximate surface area is 161 Å². The standard InChI is InChI=1S/C22H28N4O/c1-17-4-3-13-26(16-17)21-20(5-2-10-24-21)22(27)25-14-8-19(9-15-25)18-6-11-23-12-7-18/h2,5-7,10-12,17,19H,3-4,8-9,13-16H2,1H3. The summed E-state index contributed by atoms with van der Waals surface area (Å²) in [6.45, 7) is 5.86. The van der Waals surface area contributed by atoms with Crippen molar-refractivity contribution >= 4 is 11.7 Å². The number of aromatic nitrogens is 2. The van der Waals surface area contributed by atoms with Gasteiger partial charge < -0.3 is 9.80 Å². The lowest BCUT2D eigenvalue weighted by Gasteiger charge is -2.35. The SMILES string of the molecule is CC1CCCN(c2ncccc2C(=O)N2CCC(c3ccncc3)CC2)C1. The number of rotatable bonds is 3. The maximum atomic E-state index is 13.2. The summed E-state index contributed by atoms with van der Waals surface area (Å²) in [5.41, 5.74) is 2.09. The van der Waals surface area contributed by atoms with Crippen LogP contribution in [-0.4, -0.2) is 47.0 Å². The second-order valence-electron chi connectivity index (χ2n) is 7.92. The summed E-state index contributed by atoms with van der Waals surface area (Å²) in [6.07, 6.45) is 9.96. The van der Waals surface area contributed by atoms with Gasteiger partial charge in [0.2, 0.25) is 0 Å². The molecule has 0 aromatic carbocycles. The molecule has 1 atom stereocenters. The summed E-state index contributed by atoms with van der Waals surface area (Å²) >= 11 is 0. The number of amides is 1. The lowest BCUT2D eigenvalue weighted by molar-refractivity contribution is 0.0713. The highest BCUT2D eigenvalue weighted by atomic mass is 16.2. The summed E-state index contributed by atoms with van der Waals surface area (Å²) in [5.74, 6) is 2.17. The largest absolute Gasteiger partial charge is 0.356 e. The van der Waals surface area contributed by atoms with Crippen molar-refractivity contribution in [2.75, 3.05) is 31.1 Å². The van der Waals surface area contributed by atoms with E-state index >= 15 is 0 Å². The molecule has 1 unspecified atom stereocenters. The molecule has 2 saturated heterocycles. The van der Waals surface area contributed by atoms with Crippen molar-refractivity contribution < 1.29 is 4.79 Å². The number of hydrogen-bond donors (Lipinski definition) is 0. The maximum absolute atomic E-state index is 13.2. The van der Waals surface area contributed by atoms with E-state index in [0.29, 0.717) is 11.8 Å². The highest BCUT2D eigenvalue weighted by Crippen LogP contribution is 2.30. The van der Waals surface area contributed by atoms with Crippen molar-refractivity contribution in [1.29, 1.82) is 0 Å². The van der Waals surface area contributed by atoms with E-state index in [1.54, 1.807) is 6.20 Å². The van der Waals surface area contributed by atoms with Crippen LogP contribution in [0.4, 0.5) is 5.82 Å². The summed E-state index contributed by atoms with van der Waals surface area (Å²) < 4.78 is 0. The minimum atomic E-state index is 0.129. The van der Waals surface area contributed by atoms with Gasteiger partial charge in [-0.05, 0) is 67.3 Å². The van der Waals surface area contributed by atoms with E-state index in [2.05, 4.69) is 33.9 Å². The topological polar surface area (TPSA) is 49.3 Å². The fraction of sp³-hybridized carbons (Fsp3) is 0.500. The molecule has 1 amide bonds. The van der Waals surface area contributed by atoms with Gasteiger partial charge in [0, 0.05) is 44.8 Å². The molecule has 2 aromatic rings. The van der Waals surface area contributed by atoms with Gasteiger partial charge in [0.25, 0.3) is 5.91 Å². The first kappa shape index (κ1) is 18.0. The van der Waals surface area contributed by atoms with Crippen LogP contribution in [0.5, 0.6) is 0 Å². The number of nitrogens with zero attached hydrogens (tertiary/aromatic N) is 4. The van der Waals surface area contributed by atoms with Gasteiger partial charge in [-0.1, -0.05) is 6.92 Å². The summed E-state index contributed by atoms with van der Waals surface area (Å²) in [7, 11) is 0. The predicted octanol–water partition coefficient (Wildman–Crippen LogP) is 3.73. The average Bonchev–Trinajstić information content (AvgIpc) is 2.74. The van der Waals surface area contributed by atoms with Crippen LogP contribution in [0.25, 0.3) is 0 Å². The zero-order chi connectivity index (χ0) is 18.6. The number of pyridine rings is 2. The Bertz CT molecular complexity index is 771. The first-order valence-corrected chi connectivity index (χ1v) is 10.1. The smallest absolute Gasteiger partial charge is 0.257 e. The molecular weight excluding hydrogens is 336 g/mol. The van der Waals surface area contributed by atoms with E-state index in [1.165, 1.54) is 18.4 Å². The van der Waals surface area contributed by atoms with Crippen molar-refractivity contribution in [2.45, 2.75) is 38.5 Å². The molecule has 0 bridgehead atoms. The van der Waals surface area contributed by atoms with E-state index in [4.69, 9.17) is 0 Å². The molecule has 0 aliphatic carbocycles. The van der Waals surface area contributed by atoms with Crippen molar-refractivity contribution in [1.82, 2.24) is 14.9 Å². The van der Waals surface area contributed by atoms with E-state index in [0.717, 1.165) is 50.4 Å². The zero-order valence-corrected chi connectivity index (χ0v) is 16.1. The van der Waals surface area contributed by atoms with E-state index in [1.807, 2.05) is 29.4 Å². The quantitative estimate of drug-likeness (QED) is 0.833. The van der Waals surface area contributed by atoms with Crippen LogP contribution < -0.4 is 4.90 Å². The Kier molecular flexibility index (Phi) is 5.37. The normalized spacial score (nSPS) is 21.3. The third-order valence-electron chi connectivity index (χ3n) is 5.93. The fourth-order valence-corrected chi connectivity index (χ4v) is 4.42. The molecule has 4 rings (SSSR count). The minimum absolute atomic E-state index is 0.129. The third-order valence-corrected chi connectivity index (χ3v) is 5.93. The summed E-state index contributed by atoms with van der Waals surface area (Å²) in [4.78, 5) is 26.2. The van der Waals surface area contributed by atoms with Gasteiger partial charge in [-0.3, -0.25) is 9.78 Å². The molecule has 27 heavy (non-hydrogen) atoms. The molecule has 2 fully saturated rings. The van der Waals surface area contributed by atoms with E-state index in [-0.39, 0.29) is 5.91 Å². The molecule has 4 heterocycles. The van der Waals surface area contributed by atoms with Crippen LogP contribution in [0, 0.1) is 5.92 Å². The van der Waals surface area contributed by atoms with Gasteiger partial charge in [0.1, 0.15) is 5.82 Å². The van der Waals surface area contributed by atoms with Crippen molar-refractivity contribution in [3.63, 3.8) is 0 Å². The van der Waals surface area contributed by atoms with Crippen molar-refractivity contribution in [2.24, 2.45) is 5.92 Å². The molecule has 2 aliphatic heterocycles.